The molecule has 0 bridgehead atoms. The lowest BCUT2D eigenvalue weighted by Gasteiger charge is -2.08. The molecule has 0 amide bonds. The van der Waals surface area contributed by atoms with Crippen molar-refractivity contribution in [2.75, 3.05) is 0 Å². The minimum atomic E-state index is 0.403. The predicted molar refractivity (Wildman–Crippen MR) is 78.3 cm³/mol. The van der Waals surface area contributed by atoms with Crippen molar-refractivity contribution in [3.63, 3.8) is 0 Å². The smallest absolute Gasteiger partial charge is 0.171 e. The van der Waals surface area contributed by atoms with Gasteiger partial charge in [-0.05, 0) is 23.6 Å². The van der Waals surface area contributed by atoms with Crippen molar-refractivity contribution in [2.24, 2.45) is 0 Å². The van der Waals surface area contributed by atoms with Crippen LogP contribution in [0.15, 0.2) is 47.0 Å². The molecule has 0 unspecified atom stereocenters. The van der Waals surface area contributed by atoms with Crippen LogP contribution in [0.25, 0.3) is 22.1 Å². The zero-order valence-corrected chi connectivity index (χ0v) is 11.5. The van der Waals surface area contributed by atoms with E-state index in [1.807, 2.05) is 6.92 Å². The van der Waals surface area contributed by atoms with Crippen molar-refractivity contribution in [3.8, 4) is 11.3 Å². The molecule has 0 N–H and O–H groups in total. The van der Waals surface area contributed by atoms with Gasteiger partial charge in [-0.2, -0.15) is 0 Å². The zero-order valence-electron chi connectivity index (χ0n) is 11.5. The van der Waals surface area contributed by atoms with E-state index in [1.165, 1.54) is 16.3 Å². The number of benzene rings is 2. The van der Waals surface area contributed by atoms with Crippen molar-refractivity contribution >= 4 is 10.8 Å². The van der Waals surface area contributed by atoms with E-state index in [0.717, 1.165) is 17.0 Å². The van der Waals surface area contributed by atoms with Gasteiger partial charge in [0.25, 0.3) is 0 Å². The second-order valence-electron chi connectivity index (χ2n) is 5.19. The summed E-state index contributed by atoms with van der Waals surface area (Å²) in [6, 6.07) is 14.7. The van der Waals surface area contributed by atoms with Gasteiger partial charge in [0.2, 0.25) is 0 Å². The number of rotatable bonds is 2. The van der Waals surface area contributed by atoms with Gasteiger partial charge < -0.3 is 4.52 Å². The van der Waals surface area contributed by atoms with Crippen molar-refractivity contribution in [1.29, 1.82) is 0 Å². The molecule has 1 heterocycles. The zero-order chi connectivity index (χ0) is 13.4. The van der Waals surface area contributed by atoms with E-state index in [0.29, 0.717) is 5.92 Å². The van der Waals surface area contributed by atoms with E-state index in [1.54, 1.807) is 0 Å². The SMILES string of the molecule is Cc1noc(-c2cccc3ccccc23)c1C(C)C. The van der Waals surface area contributed by atoms with Crippen LogP contribution >= 0.6 is 0 Å². The number of hydrogen-bond acceptors (Lipinski definition) is 2. The number of fused-ring (bicyclic) bond motifs is 1. The van der Waals surface area contributed by atoms with Crippen LogP contribution in [0.5, 0.6) is 0 Å². The van der Waals surface area contributed by atoms with Crippen LogP contribution in [0.4, 0.5) is 0 Å². The minimum absolute atomic E-state index is 0.403. The maximum absolute atomic E-state index is 5.60. The van der Waals surface area contributed by atoms with Crippen molar-refractivity contribution in [1.82, 2.24) is 5.16 Å². The van der Waals surface area contributed by atoms with Gasteiger partial charge in [-0.15, -0.1) is 0 Å². The van der Waals surface area contributed by atoms with Gasteiger partial charge in [-0.1, -0.05) is 61.5 Å². The fraction of sp³-hybridized carbons (Fsp3) is 0.235. The summed E-state index contributed by atoms with van der Waals surface area (Å²) in [7, 11) is 0. The summed E-state index contributed by atoms with van der Waals surface area (Å²) < 4.78 is 5.60. The molecule has 0 saturated carbocycles. The molecule has 0 aliphatic heterocycles. The first kappa shape index (κ1) is 12.0. The van der Waals surface area contributed by atoms with E-state index in [4.69, 9.17) is 4.52 Å². The van der Waals surface area contributed by atoms with Crippen LogP contribution in [0.3, 0.4) is 0 Å². The third kappa shape index (κ3) is 1.93. The van der Waals surface area contributed by atoms with Crippen molar-refractivity contribution < 1.29 is 4.52 Å². The van der Waals surface area contributed by atoms with Gasteiger partial charge in [-0.25, -0.2) is 0 Å². The summed E-state index contributed by atoms with van der Waals surface area (Å²) >= 11 is 0. The molecule has 0 aliphatic carbocycles. The summed E-state index contributed by atoms with van der Waals surface area (Å²) in [5, 5.41) is 6.58. The Balaban J connectivity index is 2.31. The van der Waals surface area contributed by atoms with Gasteiger partial charge in [-0.3, -0.25) is 0 Å². The molecule has 19 heavy (non-hydrogen) atoms. The highest BCUT2D eigenvalue weighted by molar-refractivity contribution is 5.96. The van der Waals surface area contributed by atoms with E-state index in [-0.39, 0.29) is 0 Å². The Hall–Kier alpha value is -2.09. The van der Waals surface area contributed by atoms with Gasteiger partial charge in [0.15, 0.2) is 5.76 Å². The summed E-state index contributed by atoms with van der Waals surface area (Å²) in [5.74, 6) is 1.31. The molecule has 0 atom stereocenters. The molecule has 2 aromatic carbocycles. The Kier molecular flexibility index (Phi) is 2.86. The van der Waals surface area contributed by atoms with Gasteiger partial charge in [0.1, 0.15) is 0 Å². The van der Waals surface area contributed by atoms with Crippen LogP contribution in [0.2, 0.25) is 0 Å². The largest absolute Gasteiger partial charge is 0.356 e. The van der Waals surface area contributed by atoms with Gasteiger partial charge in [0.05, 0.1) is 5.69 Å². The number of nitrogens with zero attached hydrogens (tertiary/aromatic N) is 1. The topological polar surface area (TPSA) is 26.0 Å². The first-order chi connectivity index (χ1) is 9.18. The highest BCUT2D eigenvalue weighted by Gasteiger charge is 2.19. The molecule has 1 aromatic heterocycles. The monoisotopic (exact) mass is 251 g/mol. The molecule has 3 rings (SSSR count). The first-order valence-electron chi connectivity index (χ1n) is 6.63. The normalized spacial score (nSPS) is 11.4. The van der Waals surface area contributed by atoms with Crippen LogP contribution < -0.4 is 0 Å². The Bertz CT molecular complexity index is 720. The molecule has 2 heteroatoms. The molecule has 96 valence electrons. The average molecular weight is 251 g/mol. The summed E-state index contributed by atoms with van der Waals surface area (Å²) in [5.41, 5.74) is 3.32. The highest BCUT2D eigenvalue weighted by atomic mass is 16.5. The molecule has 0 radical (unpaired) electrons. The summed E-state index contributed by atoms with van der Waals surface area (Å²) in [4.78, 5) is 0. The molecule has 0 fully saturated rings. The number of hydrogen-bond donors (Lipinski definition) is 0. The molecular formula is C17H17NO. The fourth-order valence-electron chi connectivity index (χ4n) is 2.67. The van der Waals surface area contributed by atoms with E-state index >= 15 is 0 Å². The van der Waals surface area contributed by atoms with Crippen LogP contribution in [-0.2, 0) is 0 Å². The lowest BCUT2D eigenvalue weighted by molar-refractivity contribution is 0.427. The quantitative estimate of drug-likeness (QED) is 0.645. The lowest BCUT2D eigenvalue weighted by Crippen LogP contribution is -1.91. The van der Waals surface area contributed by atoms with Crippen molar-refractivity contribution in [2.45, 2.75) is 26.7 Å². The fourth-order valence-corrected chi connectivity index (χ4v) is 2.67. The van der Waals surface area contributed by atoms with Crippen molar-refractivity contribution in [3.05, 3.63) is 53.7 Å². The maximum Gasteiger partial charge on any atom is 0.171 e. The van der Waals surface area contributed by atoms with E-state index in [9.17, 15) is 0 Å². The highest BCUT2D eigenvalue weighted by Crippen LogP contribution is 2.35. The van der Waals surface area contributed by atoms with Gasteiger partial charge in [0, 0.05) is 11.1 Å². The van der Waals surface area contributed by atoms with Crippen LogP contribution in [0.1, 0.15) is 31.0 Å². The predicted octanol–water partition coefficient (Wildman–Crippen LogP) is 4.93. The number of aromatic nitrogens is 1. The second-order valence-corrected chi connectivity index (χ2v) is 5.19. The Morgan fingerprint density at radius 3 is 2.53 bits per heavy atom. The van der Waals surface area contributed by atoms with Crippen LogP contribution in [0, 0.1) is 6.92 Å². The molecule has 2 nitrogen and oxygen atoms in total. The molecule has 0 aliphatic rings. The van der Waals surface area contributed by atoms with E-state index in [2.05, 4.69) is 61.5 Å². The summed E-state index contributed by atoms with van der Waals surface area (Å²) in [6.07, 6.45) is 0. The van der Waals surface area contributed by atoms with E-state index < -0.39 is 0 Å². The molecule has 0 spiro atoms. The Labute approximate surface area is 113 Å². The minimum Gasteiger partial charge on any atom is -0.356 e. The Morgan fingerprint density at radius 2 is 1.74 bits per heavy atom. The number of aryl methyl sites for hydroxylation is 1. The molecular weight excluding hydrogens is 234 g/mol. The third-order valence-corrected chi connectivity index (χ3v) is 3.52. The maximum atomic E-state index is 5.60. The molecule has 3 aromatic rings. The molecule has 0 saturated heterocycles. The van der Waals surface area contributed by atoms with Crippen LogP contribution in [-0.4, -0.2) is 5.16 Å². The Morgan fingerprint density at radius 1 is 1.00 bits per heavy atom. The average Bonchev–Trinajstić information content (AvgIpc) is 2.80. The standard InChI is InChI=1S/C17H17NO/c1-11(2)16-12(3)18-19-17(16)15-10-6-8-13-7-4-5-9-14(13)15/h4-11H,1-3H3. The summed E-state index contributed by atoms with van der Waals surface area (Å²) in [6.45, 7) is 6.36. The second kappa shape index (κ2) is 4.54. The van der Waals surface area contributed by atoms with Gasteiger partial charge >= 0.3 is 0 Å². The lowest BCUT2D eigenvalue weighted by atomic mass is 9.94. The first-order valence-corrected chi connectivity index (χ1v) is 6.63. The third-order valence-electron chi connectivity index (χ3n) is 3.52.